The Kier molecular flexibility index (Phi) is 5.50. The lowest BCUT2D eigenvalue weighted by Crippen LogP contribution is -2.53. The van der Waals surface area contributed by atoms with Gasteiger partial charge >= 0.3 is 0 Å². The van der Waals surface area contributed by atoms with Crippen LogP contribution >= 0.6 is 0 Å². The molecule has 2 aromatic heterocycles. The second kappa shape index (κ2) is 8.37. The zero-order valence-electron chi connectivity index (χ0n) is 16.0. The molecule has 0 bridgehead atoms. The molecule has 0 radical (unpaired) electrons. The third-order valence-corrected chi connectivity index (χ3v) is 5.25. The number of hydrogen-bond acceptors (Lipinski definition) is 5. The molecular weight excluding hydrogens is 340 g/mol. The van der Waals surface area contributed by atoms with Crippen LogP contribution in [-0.4, -0.2) is 70.1 Å². The van der Waals surface area contributed by atoms with Crippen LogP contribution in [0.2, 0.25) is 0 Å². The van der Waals surface area contributed by atoms with E-state index in [4.69, 9.17) is 4.98 Å². The Morgan fingerprint density at radius 2 is 1.93 bits per heavy atom. The first-order valence-corrected chi connectivity index (χ1v) is 9.86. The van der Waals surface area contributed by atoms with Gasteiger partial charge in [-0.25, -0.2) is 15.0 Å². The number of rotatable bonds is 4. The van der Waals surface area contributed by atoms with Gasteiger partial charge in [0.2, 0.25) is 5.95 Å². The fraction of sp³-hybridized carbons (Fsp3) is 0.579. The van der Waals surface area contributed by atoms with Crippen LogP contribution in [0.5, 0.6) is 0 Å². The molecule has 4 rings (SSSR count). The van der Waals surface area contributed by atoms with E-state index >= 15 is 0 Å². The van der Waals surface area contributed by atoms with Gasteiger partial charge in [-0.1, -0.05) is 0 Å². The predicted octanol–water partition coefficient (Wildman–Crippen LogP) is 0.950. The zero-order chi connectivity index (χ0) is 18.5. The van der Waals surface area contributed by atoms with Crippen molar-refractivity contribution in [2.75, 3.05) is 44.7 Å². The van der Waals surface area contributed by atoms with E-state index in [1.165, 1.54) is 24.4 Å². The molecule has 0 spiro atoms. The molecule has 4 heterocycles. The van der Waals surface area contributed by atoms with E-state index in [0.29, 0.717) is 0 Å². The van der Waals surface area contributed by atoms with E-state index < -0.39 is 0 Å². The molecule has 0 amide bonds. The van der Waals surface area contributed by atoms with Crippen molar-refractivity contribution in [3.63, 3.8) is 0 Å². The van der Waals surface area contributed by atoms with Crippen molar-refractivity contribution in [1.82, 2.24) is 29.7 Å². The van der Waals surface area contributed by atoms with Gasteiger partial charge in [-0.05, 0) is 18.9 Å². The van der Waals surface area contributed by atoms with Crippen LogP contribution in [0.4, 0.5) is 5.95 Å². The monoisotopic (exact) mass is 368 g/mol. The SMILES string of the molecule is CN=C(NCCc1cn2c(n1)CCCC2)N1CCN(c2ncccn2)CC1. The van der Waals surface area contributed by atoms with E-state index in [0.717, 1.165) is 64.0 Å². The summed E-state index contributed by atoms with van der Waals surface area (Å²) >= 11 is 0. The van der Waals surface area contributed by atoms with E-state index in [1.807, 2.05) is 13.1 Å². The number of anilines is 1. The number of imidazole rings is 1. The molecule has 8 nitrogen and oxygen atoms in total. The molecule has 27 heavy (non-hydrogen) atoms. The molecule has 1 fully saturated rings. The third kappa shape index (κ3) is 4.20. The maximum Gasteiger partial charge on any atom is 0.225 e. The van der Waals surface area contributed by atoms with Crippen molar-refractivity contribution in [2.24, 2.45) is 4.99 Å². The second-order valence-electron chi connectivity index (χ2n) is 7.05. The Bertz CT molecular complexity index is 738. The van der Waals surface area contributed by atoms with Crippen molar-refractivity contribution in [3.05, 3.63) is 36.2 Å². The van der Waals surface area contributed by atoms with Crippen molar-refractivity contribution in [3.8, 4) is 0 Å². The number of nitrogens with one attached hydrogen (secondary N) is 1. The highest BCUT2D eigenvalue weighted by Crippen LogP contribution is 2.14. The number of hydrogen-bond donors (Lipinski definition) is 1. The lowest BCUT2D eigenvalue weighted by atomic mass is 10.2. The average molecular weight is 368 g/mol. The van der Waals surface area contributed by atoms with Gasteiger partial charge < -0.3 is 19.7 Å². The quantitative estimate of drug-likeness (QED) is 0.640. The van der Waals surface area contributed by atoms with Crippen LogP contribution < -0.4 is 10.2 Å². The van der Waals surface area contributed by atoms with Gasteiger partial charge in [-0.15, -0.1) is 0 Å². The zero-order valence-corrected chi connectivity index (χ0v) is 16.0. The Hall–Kier alpha value is -2.64. The van der Waals surface area contributed by atoms with E-state index in [1.54, 1.807) is 12.4 Å². The Balaban J connectivity index is 1.25. The molecule has 0 saturated carbocycles. The summed E-state index contributed by atoms with van der Waals surface area (Å²) in [7, 11) is 1.85. The largest absolute Gasteiger partial charge is 0.356 e. The maximum absolute atomic E-state index is 4.78. The topological polar surface area (TPSA) is 74.5 Å². The highest BCUT2D eigenvalue weighted by Gasteiger charge is 2.21. The standard InChI is InChI=1S/C19H28N8/c1-20-18(23-9-6-16-15-27-10-3-2-5-17(27)24-16)25-11-13-26(14-12-25)19-21-7-4-8-22-19/h4,7-8,15H,2-3,5-6,9-14H2,1H3,(H,20,23). The lowest BCUT2D eigenvalue weighted by molar-refractivity contribution is 0.370. The molecule has 144 valence electrons. The number of aryl methyl sites for hydroxylation is 2. The molecule has 8 heteroatoms. The van der Waals surface area contributed by atoms with Crippen LogP contribution in [0.3, 0.4) is 0 Å². The van der Waals surface area contributed by atoms with Gasteiger partial charge in [-0.3, -0.25) is 4.99 Å². The first-order chi connectivity index (χ1) is 13.3. The average Bonchev–Trinajstić information content (AvgIpc) is 3.15. The molecule has 0 aliphatic carbocycles. The molecule has 2 aliphatic rings. The number of aliphatic imine (C=N–C) groups is 1. The van der Waals surface area contributed by atoms with Gasteiger partial charge in [0.05, 0.1) is 5.69 Å². The Morgan fingerprint density at radius 1 is 1.11 bits per heavy atom. The molecule has 0 aromatic carbocycles. The summed E-state index contributed by atoms with van der Waals surface area (Å²) in [5.41, 5.74) is 1.18. The first kappa shape index (κ1) is 17.8. The number of guanidine groups is 1. The summed E-state index contributed by atoms with van der Waals surface area (Å²) in [5.74, 6) is 3.02. The van der Waals surface area contributed by atoms with Crippen LogP contribution in [-0.2, 0) is 19.4 Å². The van der Waals surface area contributed by atoms with Crippen LogP contribution in [0.15, 0.2) is 29.6 Å². The van der Waals surface area contributed by atoms with Gasteiger partial charge in [0.25, 0.3) is 0 Å². The fourth-order valence-corrected chi connectivity index (χ4v) is 3.80. The molecule has 2 aliphatic heterocycles. The molecule has 2 aromatic rings. The van der Waals surface area contributed by atoms with Crippen LogP contribution in [0.25, 0.3) is 0 Å². The van der Waals surface area contributed by atoms with Crippen LogP contribution in [0, 0.1) is 0 Å². The number of piperazine rings is 1. The smallest absolute Gasteiger partial charge is 0.225 e. The van der Waals surface area contributed by atoms with Crippen LogP contribution in [0.1, 0.15) is 24.4 Å². The van der Waals surface area contributed by atoms with Crippen molar-refractivity contribution >= 4 is 11.9 Å². The van der Waals surface area contributed by atoms with E-state index in [-0.39, 0.29) is 0 Å². The Labute approximate surface area is 160 Å². The summed E-state index contributed by atoms with van der Waals surface area (Å²) in [6.45, 7) is 5.60. The van der Waals surface area contributed by atoms with Crippen molar-refractivity contribution < 1.29 is 0 Å². The summed E-state index contributed by atoms with van der Waals surface area (Å²) in [5, 5.41) is 3.50. The molecule has 1 saturated heterocycles. The first-order valence-electron chi connectivity index (χ1n) is 9.86. The summed E-state index contributed by atoms with van der Waals surface area (Å²) in [6.07, 6.45) is 10.4. The normalized spacial score (nSPS) is 17.7. The van der Waals surface area contributed by atoms with Gasteiger partial charge in [0, 0.05) is 77.7 Å². The van der Waals surface area contributed by atoms with Crippen molar-refractivity contribution in [2.45, 2.75) is 32.2 Å². The summed E-state index contributed by atoms with van der Waals surface area (Å²) < 4.78 is 2.32. The van der Waals surface area contributed by atoms with E-state index in [2.05, 4.69) is 40.8 Å². The predicted molar refractivity (Wildman–Crippen MR) is 106 cm³/mol. The number of aromatic nitrogens is 4. The van der Waals surface area contributed by atoms with Gasteiger partial charge in [0.1, 0.15) is 5.82 Å². The minimum atomic E-state index is 0.809. The minimum Gasteiger partial charge on any atom is -0.356 e. The van der Waals surface area contributed by atoms with E-state index in [9.17, 15) is 0 Å². The van der Waals surface area contributed by atoms with Crippen molar-refractivity contribution in [1.29, 1.82) is 0 Å². The second-order valence-corrected chi connectivity index (χ2v) is 7.05. The molecule has 1 N–H and O–H groups in total. The Morgan fingerprint density at radius 3 is 2.67 bits per heavy atom. The minimum absolute atomic E-state index is 0.809. The van der Waals surface area contributed by atoms with Gasteiger partial charge in [-0.2, -0.15) is 0 Å². The highest BCUT2D eigenvalue weighted by atomic mass is 15.4. The highest BCUT2D eigenvalue weighted by molar-refractivity contribution is 5.80. The summed E-state index contributed by atoms with van der Waals surface area (Å²) in [4.78, 5) is 22.5. The third-order valence-electron chi connectivity index (χ3n) is 5.25. The molecular formula is C19H28N8. The molecule has 0 unspecified atom stereocenters. The van der Waals surface area contributed by atoms with Gasteiger partial charge in [0.15, 0.2) is 5.96 Å². The maximum atomic E-state index is 4.78. The number of nitrogens with zero attached hydrogens (tertiary/aromatic N) is 7. The summed E-state index contributed by atoms with van der Waals surface area (Å²) in [6, 6.07) is 1.85. The molecule has 0 atom stereocenters. The fourth-order valence-electron chi connectivity index (χ4n) is 3.80. The number of fused-ring (bicyclic) bond motifs is 1. The lowest BCUT2D eigenvalue weighted by Gasteiger charge is -2.36.